The van der Waals surface area contributed by atoms with Crippen molar-refractivity contribution in [2.24, 2.45) is 0 Å². The number of rotatable bonds is 4. The number of hydrogen-bond donors (Lipinski definition) is 0. The molecule has 4 rings (SSSR count). The molecule has 1 aliphatic rings. The van der Waals surface area contributed by atoms with E-state index in [0.717, 1.165) is 6.42 Å². The Hall–Kier alpha value is -2.86. The third-order valence-corrected chi connectivity index (χ3v) is 5.53. The molecule has 3 aromatic carbocycles. The second-order valence-electron chi connectivity index (χ2n) is 8.22. The van der Waals surface area contributed by atoms with Crippen LogP contribution in [-0.4, -0.2) is 0 Å². The summed E-state index contributed by atoms with van der Waals surface area (Å²) in [5.74, 6) is 0.301. The maximum absolute atomic E-state index is 2.41. The molecule has 1 aliphatic carbocycles. The number of hydrogen-bond acceptors (Lipinski definition) is 0. The van der Waals surface area contributed by atoms with Gasteiger partial charge in [-0.1, -0.05) is 107 Å². The highest BCUT2D eigenvalue weighted by Gasteiger charge is 2.23. The van der Waals surface area contributed by atoms with Crippen molar-refractivity contribution in [1.82, 2.24) is 0 Å². The molecule has 0 N–H and O–H groups in total. The van der Waals surface area contributed by atoms with E-state index in [4.69, 9.17) is 0 Å². The fraction of sp³-hybridized carbons (Fsp3) is 0.214. The summed E-state index contributed by atoms with van der Waals surface area (Å²) >= 11 is 0. The van der Waals surface area contributed by atoms with Gasteiger partial charge in [0.2, 0.25) is 0 Å². The van der Waals surface area contributed by atoms with Crippen LogP contribution in [0.3, 0.4) is 0 Å². The molecule has 0 amide bonds. The van der Waals surface area contributed by atoms with Crippen LogP contribution in [0.2, 0.25) is 0 Å². The molecule has 0 spiro atoms. The van der Waals surface area contributed by atoms with E-state index in [1.165, 1.54) is 50.1 Å². The molecule has 0 radical (unpaired) electrons. The molecule has 0 aromatic heterocycles. The molecule has 0 saturated heterocycles. The van der Waals surface area contributed by atoms with Gasteiger partial charge < -0.3 is 0 Å². The lowest BCUT2D eigenvalue weighted by Gasteiger charge is -2.22. The van der Waals surface area contributed by atoms with Crippen molar-refractivity contribution in [3.05, 3.63) is 123 Å². The Balaban J connectivity index is 1.82. The normalized spacial score (nSPS) is 13.6. The Morgan fingerprint density at radius 1 is 0.643 bits per heavy atom. The van der Waals surface area contributed by atoms with Gasteiger partial charge in [-0.3, -0.25) is 0 Å². The lowest BCUT2D eigenvalue weighted by molar-refractivity contribution is 0.911. The Morgan fingerprint density at radius 2 is 1.14 bits per heavy atom. The van der Waals surface area contributed by atoms with E-state index >= 15 is 0 Å². The molecule has 0 nitrogen and oxygen atoms in total. The summed E-state index contributed by atoms with van der Waals surface area (Å²) in [4.78, 5) is 0. The summed E-state index contributed by atoms with van der Waals surface area (Å²) in [6, 6.07) is 24.7. The van der Waals surface area contributed by atoms with Gasteiger partial charge >= 0.3 is 0 Å². The van der Waals surface area contributed by atoms with Crippen molar-refractivity contribution >= 4 is 5.57 Å². The van der Waals surface area contributed by atoms with Crippen LogP contribution >= 0.6 is 0 Å². The van der Waals surface area contributed by atoms with Crippen molar-refractivity contribution < 1.29 is 0 Å². The number of allylic oxidation sites excluding steroid dienone is 4. The van der Waals surface area contributed by atoms with Gasteiger partial charge in [0, 0.05) is 5.92 Å². The summed E-state index contributed by atoms with van der Waals surface area (Å²) < 4.78 is 0. The smallest absolute Gasteiger partial charge is 0.0305 e. The maximum Gasteiger partial charge on any atom is 0.0305 e. The van der Waals surface area contributed by atoms with Crippen molar-refractivity contribution in [2.45, 2.75) is 40.0 Å². The zero-order valence-corrected chi connectivity index (χ0v) is 17.3. The zero-order chi connectivity index (χ0) is 19.7. The standard InChI is InChI=1S/C28H28/c1-19-12-20(2)15-26(14-19)28(27-16-21(3)13-22(4)17-27)25-11-10-24(18-25)23-8-6-5-7-9-23/h5-10,12-18,28H,11H2,1-4H3. The Bertz CT molecular complexity index is 972. The summed E-state index contributed by atoms with van der Waals surface area (Å²) in [5, 5.41) is 0. The minimum Gasteiger partial charge on any atom is -0.0726 e. The van der Waals surface area contributed by atoms with Gasteiger partial charge in [0.05, 0.1) is 0 Å². The molecule has 0 heteroatoms. The Morgan fingerprint density at radius 3 is 1.64 bits per heavy atom. The first-order chi connectivity index (χ1) is 13.5. The lowest BCUT2D eigenvalue weighted by atomic mass is 9.82. The summed E-state index contributed by atoms with van der Waals surface area (Å²) in [6.45, 7) is 8.80. The van der Waals surface area contributed by atoms with Crippen LogP contribution in [0, 0.1) is 27.7 Å². The highest BCUT2D eigenvalue weighted by atomic mass is 14.3. The van der Waals surface area contributed by atoms with E-state index in [-0.39, 0.29) is 0 Å². The first-order valence-electron chi connectivity index (χ1n) is 10.1. The second-order valence-corrected chi connectivity index (χ2v) is 8.22. The highest BCUT2D eigenvalue weighted by Crippen LogP contribution is 2.40. The van der Waals surface area contributed by atoms with Crippen LogP contribution in [0.15, 0.2) is 84.5 Å². The molecule has 28 heavy (non-hydrogen) atoms. The topological polar surface area (TPSA) is 0 Å². The van der Waals surface area contributed by atoms with E-state index < -0.39 is 0 Å². The van der Waals surface area contributed by atoms with E-state index in [2.05, 4.69) is 107 Å². The predicted molar refractivity (Wildman–Crippen MR) is 121 cm³/mol. The molecule has 0 bridgehead atoms. The van der Waals surface area contributed by atoms with Crippen LogP contribution in [0.5, 0.6) is 0 Å². The molecule has 3 aromatic rings. The van der Waals surface area contributed by atoms with E-state index in [1.807, 2.05) is 0 Å². The van der Waals surface area contributed by atoms with Crippen molar-refractivity contribution in [2.75, 3.05) is 0 Å². The number of benzene rings is 3. The zero-order valence-electron chi connectivity index (χ0n) is 17.3. The van der Waals surface area contributed by atoms with Crippen LogP contribution < -0.4 is 0 Å². The minimum absolute atomic E-state index is 0.301. The molecule has 0 aliphatic heterocycles. The Labute approximate surface area is 169 Å². The van der Waals surface area contributed by atoms with Crippen molar-refractivity contribution in [1.29, 1.82) is 0 Å². The fourth-order valence-electron chi connectivity index (χ4n) is 4.55. The van der Waals surface area contributed by atoms with E-state index in [0.29, 0.717) is 5.92 Å². The monoisotopic (exact) mass is 364 g/mol. The van der Waals surface area contributed by atoms with Gasteiger partial charge in [-0.05, 0) is 56.4 Å². The average molecular weight is 365 g/mol. The minimum atomic E-state index is 0.301. The van der Waals surface area contributed by atoms with Gasteiger partial charge in [0.15, 0.2) is 0 Å². The van der Waals surface area contributed by atoms with Crippen LogP contribution in [0.25, 0.3) is 5.57 Å². The van der Waals surface area contributed by atoms with Gasteiger partial charge in [0.25, 0.3) is 0 Å². The summed E-state index contributed by atoms with van der Waals surface area (Å²) in [7, 11) is 0. The average Bonchev–Trinajstić information content (AvgIpc) is 3.11. The quantitative estimate of drug-likeness (QED) is 0.450. The third-order valence-electron chi connectivity index (χ3n) is 5.53. The van der Waals surface area contributed by atoms with Crippen LogP contribution in [-0.2, 0) is 0 Å². The van der Waals surface area contributed by atoms with Gasteiger partial charge in [-0.15, -0.1) is 0 Å². The molecule has 0 heterocycles. The summed E-state index contributed by atoms with van der Waals surface area (Å²) in [5.41, 5.74) is 12.3. The van der Waals surface area contributed by atoms with Gasteiger partial charge in [0.1, 0.15) is 0 Å². The Kier molecular flexibility index (Phi) is 5.05. The first kappa shape index (κ1) is 18.5. The van der Waals surface area contributed by atoms with Gasteiger partial charge in [-0.2, -0.15) is 0 Å². The maximum atomic E-state index is 2.41. The largest absolute Gasteiger partial charge is 0.0726 e. The van der Waals surface area contributed by atoms with Crippen LogP contribution in [0.1, 0.15) is 51.3 Å². The molecule has 0 atom stereocenters. The molecule has 0 unspecified atom stereocenters. The highest BCUT2D eigenvalue weighted by molar-refractivity contribution is 5.78. The molecule has 140 valence electrons. The molecule has 0 saturated carbocycles. The molecule has 0 fully saturated rings. The fourth-order valence-corrected chi connectivity index (χ4v) is 4.55. The molecular weight excluding hydrogens is 336 g/mol. The van der Waals surface area contributed by atoms with Crippen molar-refractivity contribution in [3.8, 4) is 0 Å². The number of aryl methyl sites for hydroxylation is 4. The first-order valence-corrected chi connectivity index (χ1v) is 10.1. The summed E-state index contributed by atoms with van der Waals surface area (Å²) in [6.07, 6.45) is 5.80. The van der Waals surface area contributed by atoms with E-state index in [1.54, 1.807) is 0 Å². The van der Waals surface area contributed by atoms with Crippen LogP contribution in [0.4, 0.5) is 0 Å². The van der Waals surface area contributed by atoms with Crippen molar-refractivity contribution in [3.63, 3.8) is 0 Å². The van der Waals surface area contributed by atoms with E-state index in [9.17, 15) is 0 Å². The predicted octanol–water partition coefficient (Wildman–Crippen LogP) is 7.47. The second kappa shape index (κ2) is 7.64. The lowest BCUT2D eigenvalue weighted by Crippen LogP contribution is -2.06. The van der Waals surface area contributed by atoms with Gasteiger partial charge in [-0.25, -0.2) is 0 Å². The SMILES string of the molecule is Cc1cc(C)cc(C(C2=CC(c3ccccc3)=CC2)c2cc(C)cc(C)c2)c1. The molecular formula is C28H28. The third kappa shape index (κ3) is 3.87.